The van der Waals surface area contributed by atoms with Gasteiger partial charge in [0, 0.05) is 31.4 Å². The fourth-order valence-electron chi connectivity index (χ4n) is 3.52. The first kappa shape index (κ1) is 17.3. The molecule has 0 unspecified atom stereocenters. The summed E-state index contributed by atoms with van der Waals surface area (Å²) in [4.78, 5) is 19.0. The standard InChI is InChI=1S/C20H23N5O2/c1-27-17-4-2-15(3-5-17)14-19(26)23-16-8-12-24(13-9-16)20-7-10-21-18-6-11-22-25(18)20/h2-7,10-11,16H,8-9,12-14H2,1H3,(H,23,26). The molecule has 140 valence electrons. The molecular formula is C20H23N5O2. The van der Waals surface area contributed by atoms with E-state index < -0.39 is 0 Å². The second-order valence-corrected chi connectivity index (χ2v) is 6.76. The van der Waals surface area contributed by atoms with Gasteiger partial charge in [-0.2, -0.15) is 9.61 Å². The lowest BCUT2D eigenvalue weighted by Crippen LogP contribution is -2.45. The van der Waals surface area contributed by atoms with Crippen molar-refractivity contribution in [2.75, 3.05) is 25.1 Å². The molecule has 1 N–H and O–H groups in total. The monoisotopic (exact) mass is 365 g/mol. The molecule has 0 aliphatic carbocycles. The summed E-state index contributed by atoms with van der Waals surface area (Å²) in [5.74, 6) is 1.92. The van der Waals surface area contributed by atoms with Crippen LogP contribution in [-0.4, -0.2) is 46.7 Å². The van der Waals surface area contributed by atoms with Gasteiger partial charge in [0.2, 0.25) is 5.91 Å². The van der Waals surface area contributed by atoms with Gasteiger partial charge in [-0.05, 0) is 36.6 Å². The average molecular weight is 365 g/mol. The molecule has 1 amide bonds. The number of aromatic nitrogens is 3. The predicted octanol–water partition coefficient (Wildman–Crippen LogP) is 2.07. The van der Waals surface area contributed by atoms with Crippen LogP contribution in [0.4, 0.5) is 5.82 Å². The van der Waals surface area contributed by atoms with Gasteiger partial charge in [0.1, 0.15) is 11.6 Å². The second kappa shape index (κ2) is 7.65. The van der Waals surface area contributed by atoms with Gasteiger partial charge >= 0.3 is 0 Å². The van der Waals surface area contributed by atoms with Crippen LogP contribution in [0, 0.1) is 0 Å². The van der Waals surface area contributed by atoms with Gasteiger partial charge in [-0.3, -0.25) is 4.79 Å². The normalized spacial score (nSPS) is 15.1. The van der Waals surface area contributed by atoms with Crippen LogP contribution >= 0.6 is 0 Å². The van der Waals surface area contributed by atoms with Crippen molar-refractivity contribution in [3.05, 3.63) is 54.4 Å². The van der Waals surface area contributed by atoms with E-state index in [9.17, 15) is 4.79 Å². The summed E-state index contributed by atoms with van der Waals surface area (Å²) in [5.41, 5.74) is 1.84. The first-order valence-corrected chi connectivity index (χ1v) is 9.19. The van der Waals surface area contributed by atoms with Crippen molar-refractivity contribution < 1.29 is 9.53 Å². The number of ether oxygens (including phenoxy) is 1. The van der Waals surface area contributed by atoms with Gasteiger partial charge < -0.3 is 15.0 Å². The van der Waals surface area contributed by atoms with Gasteiger partial charge in [0.25, 0.3) is 0 Å². The number of nitrogens with zero attached hydrogens (tertiary/aromatic N) is 4. The molecule has 0 saturated carbocycles. The fourth-order valence-corrected chi connectivity index (χ4v) is 3.52. The summed E-state index contributed by atoms with van der Waals surface area (Å²) in [5, 5.41) is 7.52. The highest BCUT2D eigenvalue weighted by Crippen LogP contribution is 2.20. The highest BCUT2D eigenvalue weighted by molar-refractivity contribution is 5.79. The van der Waals surface area contributed by atoms with Crippen molar-refractivity contribution >= 4 is 17.4 Å². The van der Waals surface area contributed by atoms with Crippen LogP contribution in [0.1, 0.15) is 18.4 Å². The van der Waals surface area contributed by atoms with Crippen molar-refractivity contribution in [2.24, 2.45) is 0 Å². The van der Waals surface area contributed by atoms with E-state index in [0.29, 0.717) is 6.42 Å². The van der Waals surface area contributed by atoms with Crippen LogP contribution in [0.15, 0.2) is 48.8 Å². The summed E-state index contributed by atoms with van der Waals surface area (Å²) in [6.45, 7) is 1.76. The van der Waals surface area contributed by atoms with Gasteiger partial charge in [-0.1, -0.05) is 12.1 Å². The van der Waals surface area contributed by atoms with E-state index in [0.717, 1.165) is 48.7 Å². The molecule has 1 aliphatic heterocycles. The number of piperidine rings is 1. The van der Waals surface area contributed by atoms with Crippen LogP contribution in [0.3, 0.4) is 0 Å². The summed E-state index contributed by atoms with van der Waals surface area (Å²) in [7, 11) is 1.64. The van der Waals surface area contributed by atoms with Crippen molar-refractivity contribution in [3.8, 4) is 5.75 Å². The summed E-state index contributed by atoms with van der Waals surface area (Å²) >= 11 is 0. The van der Waals surface area contributed by atoms with Gasteiger partial charge in [-0.25, -0.2) is 4.98 Å². The highest BCUT2D eigenvalue weighted by atomic mass is 16.5. The second-order valence-electron chi connectivity index (χ2n) is 6.76. The Bertz CT molecular complexity index is 914. The molecule has 1 fully saturated rings. The molecule has 1 aliphatic rings. The molecule has 4 rings (SSSR count). The van der Waals surface area contributed by atoms with Crippen LogP contribution < -0.4 is 15.0 Å². The van der Waals surface area contributed by atoms with E-state index in [1.54, 1.807) is 13.3 Å². The predicted molar refractivity (Wildman–Crippen MR) is 103 cm³/mol. The fraction of sp³-hybridized carbons (Fsp3) is 0.350. The minimum Gasteiger partial charge on any atom is -0.497 e. The zero-order chi connectivity index (χ0) is 18.6. The number of anilines is 1. The molecule has 0 radical (unpaired) electrons. The number of methoxy groups -OCH3 is 1. The van der Waals surface area contributed by atoms with Gasteiger partial charge in [0.05, 0.1) is 19.7 Å². The quantitative estimate of drug-likeness (QED) is 0.749. The molecule has 3 heterocycles. The zero-order valence-electron chi connectivity index (χ0n) is 15.3. The maximum atomic E-state index is 12.3. The minimum absolute atomic E-state index is 0.0667. The molecular weight excluding hydrogens is 342 g/mol. The van der Waals surface area contributed by atoms with E-state index in [4.69, 9.17) is 4.74 Å². The molecule has 7 heteroatoms. The average Bonchev–Trinajstić information content (AvgIpc) is 3.18. The number of carbonyl (C=O) groups is 1. The van der Waals surface area contributed by atoms with Crippen LogP contribution in [0.25, 0.3) is 5.65 Å². The first-order valence-electron chi connectivity index (χ1n) is 9.19. The van der Waals surface area contributed by atoms with E-state index in [1.807, 2.05) is 47.1 Å². The zero-order valence-corrected chi connectivity index (χ0v) is 15.3. The number of nitrogens with one attached hydrogen (secondary N) is 1. The summed E-state index contributed by atoms with van der Waals surface area (Å²) in [6.07, 6.45) is 5.80. The van der Waals surface area contributed by atoms with Gasteiger partial charge in [0.15, 0.2) is 5.65 Å². The van der Waals surface area contributed by atoms with Crippen molar-refractivity contribution in [2.45, 2.75) is 25.3 Å². The largest absolute Gasteiger partial charge is 0.497 e. The lowest BCUT2D eigenvalue weighted by Gasteiger charge is -2.33. The van der Waals surface area contributed by atoms with E-state index in [2.05, 4.69) is 20.3 Å². The number of fused-ring (bicyclic) bond motifs is 1. The van der Waals surface area contributed by atoms with Crippen molar-refractivity contribution in [3.63, 3.8) is 0 Å². The molecule has 0 bridgehead atoms. The van der Waals surface area contributed by atoms with E-state index >= 15 is 0 Å². The smallest absolute Gasteiger partial charge is 0.224 e. The van der Waals surface area contributed by atoms with Crippen molar-refractivity contribution in [1.29, 1.82) is 0 Å². The van der Waals surface area contributed by atoms with Crippen LogP contribution in [-0.2, 0) is 11.2 Å². The third kappa shape index (κ3) is 3.86. The lowest BCUT2D eigenvalue weighted by atomic mass is 10.0. The Morgan fingerprint density at radius 3 is 2.67 bits per heavy atom. The summed E-state index contributed by atoms with van der Waals surface area (Å²) in [6, 6.07) is 11.7. The number of benzene rings is 1. The Morgan fingerprint density at radius 2 is 1.93 bits per heavy atom. The highest BCUT2D eigenvalue weighted by Gasteiger charge is 2.22. The Morgan fingerprint density at radius 1 is 1.15 bits per heavy atom. The summed E-state index contributed by atoms with van der Waals surface area (Å²) < 4.78 is 7.01. The molecule has 1 saturated heterocycles. The molecule has 0 spiro atoms. The number of hydrogen-bond acceptors (Lipinski definition) is 5. The number of carbonyl (C=O) groups excluding carboxylic acids is 1. The molecule has 27 heavy (non-hydrogen) atoms. The first-order chi connectivity index (χ1) is 13.2. The van der Waals surface area contributed by atoms with Crippen molar-refractivity contribution in [1.82, 2.24) is 19.9 Å². The van der Waals surface area contributed by atoms with E-state index in [1.165, 1.54) is 0 Å². The number of amides is 1. The molecule has 3 aromatic rings. The van der Waals surface area contributed by atoms with Gasteiger partial charge in [-0.15, -0.1) is 0 Å². The molecule has 1 aromatic carbocycles. The topological polar surface area (TPSA) is 71.8 Å². The molecule has 0 atom stereocenters. The third-order valence-corrected chi connectivity index (χ3v) is 4.98. The lowest BCUT2D eigenvalue weighted by molar-refractivity contribution is -0.121. The van der Waals surface area contributed by atoms with E-state index in [-0.39, 0.29) is 11.9 Å². The van der Waals surface area contributed by atoms with Crippen LogP contribution in [0.5, 0.6) is 5.75 Å². The SMILES string of the molecule is COc1ccc(CC(=O)NC2CCN(c3ccnc4ccnn34)CC2)cc1. The molecule has 2 aromatic heterocycles. The maximum absolute atomic E-state index is 12.3. The number of hydrogen-bond donors (Lipinski definition) is 1. The maximum Gasteiger partial charge on any atom is 0.224 e. The Hall–Kier alpha value is -3.09. The van der Waals surface area contributed by atoms with Crippen LogP contribution in [0.2, 0.25) is 0 Å². The Kier molecular flexibility index (Phi) is 4.91. The Balaban J connectivity index is 1.31. The minimum atomic E-state index is 0.0667. The third-order valence-electron chi connectivity index (χ3n) is 4.98. The Labute approximate surface area is 158 Å². The number of rotatable bonds is 5. The molecule has 7 nitrogen and oxygen atoms in total.